The fourth-order valence-corrected chi connectivity index (χ4v) is 0.117. The van der Waals surface area contributed by atoms with Crippen LogP contribution in [0.15, 0.2) is 38.2 Å². The molecule has 0 aliphatic heterocycles. The summed E-state index contributed by atoms with van der Waals surface area (Å²) in [5.41, 5.74) is 0.176. The van der Waals surface area contributed by atoms with E-state index in [1.807, 2.05) is 0 Å². The van der Waals surface area contributed by atoms with Crippen molar-refractivity contribution in [2.24, 2.45) is 0 Å². The van der Waals surface area contributed by atoms with Gasteiger partial charge < -0.3 is 9.84 Å². The smallest absolute Gasteiger partial charge is 0.330 e. The number of aliphatic carboxylic acids is 1. The third-order valence-corrected chi connectivity index (χ3v) is 0.614. The van der Waals surface area contributed by atoms with E-state index in [9.17, 15) is 9.59 Å². The van der Waals surface area contributed by atoms with Gasteiger partial charge in [-0.2, -0.15) is 0 Å². The molecule has 0 bridgehead atoms. The number of rotatable bonds is 2. The van der Waals surface area contributed by atoms with E-state index in [0.717, 1.165) is 6.26 Å². The van der Waals surface area contributed by atoms with E-state index in [1.165, 1.54) is 13.8 Å². The molecule has 0 unspecified atom stereocenters. The van der Waals surface area contributed by atoms with Gasteiger partial charge in [0, 0.05) is 12.5 Å². The van der Waals surface area contributed by atoms with Crippen LogP contribution in [0.3, 0.4) is 0 Å². The van der Waals surface area contributed by atoms with Crippen LogP contribution in [0.25, 0.3) is 0 Å². The number of carbonyl (C=O) groups is 2. The Morgan fingerprint density at radius 2 is 1.57 bits per heavy atom. The molecule has 0 spiro atoms. The molecule has 0 aliphatic rings. The molecule has 4 nitrogen and oxygen atoms in total. The molecule has 0 radical (unpaired) electrons. The maximum atomic E-state index is 9.75. The first kappa shape index (κ1) is 18.0. The molecule has 0 aromatic heterocycles. The van der Waals surface area contributed by atoms with Crippen LogP contribution < -0.4 is 0 Å². The molecule has 0 saturated heterocycles. The Bertz CT molecular complexity index is 194. The Hall–Kier alpha value is -1.84. The Morgan fingerprint density at radius 3 is 1.57 bits per heavy atom. The molecule has 0 atom stereocenters. The Balaban J connectivity index is -0.000000147. The Kier molecular flexibility index (Phi) is 17.7. The van der Waals surface area contributed by atoms with Crippen LogP contribution >= 0.6 is 0 Å². The predicted molar refractivity (Wildman–Crippen MR) is 55.7 cm³/mol. The lowest BCUT2D eigenvalue weighted by Crippen LogP contribution is -1.92. The highest BCUT2D eigenvalue weighted by Crippen LogP contribution is 1.81. The molecule has 0 fully saturated rings. The van der Waals surface area contributed by atoms with Crippen LogP contribution in [-0.4, -0.2) is 17.0 Å². The van der Waals surface area contributed by atoms with Crippen molar-refractivity contribution in [2.45, 2.75) is 13.8 Å². The molecule has 0 aliphatic carbocycles. The summed E-state index contributed by atoms with van der Waals surface area (Å²) >= 11 is 0. The van der Waals surface area contributed by atoms with Gasteiger partial charge >= 0.3 is 11.9 Å². The van der Waals surface area contributed by atoms with Crippen molar-refractivity contribution in [1.82, 2.24) is 0 Å². The summed E-state index contributed by atoms with van der Waals surface area (Å²) in [5, 5.41) is 7.89. The molecule has 4 heteroatoms. The highest BCUT2D eigenvalue weighted by molar-refractivity contribution is 5.84. The van der Waals surface area contributed by atoms with E-state index in [1.54, 1.807) is 0 Å². The lowest BCUT2D eigenvalue weighted by molar-refractivity contribution is -0.135. The summed E-state index contributed by atoms with van der Waals surface area (Å²) in [7, 11) is 0. The van der Waals surface area contributed by atoms with Crippen molar-refractivity contribution in [1.29, 1.82) is 0 Å². The average Bonchev–Trinajstić information content (AvgIpc) is 2.08. The highest BCUT2D eigenvalue weighted by atomic mass is 16.5. The number of carbonyl (C=O) groups excluding carboxylic acids is 1. The number of hydrogen-bond acceptors (Lipinski definition) is 3. The fourth-order valence-electron chi connectivity index (χ4n) is 0.117. The van der Waals surface area contributed by atoms with Crippen molar-refractivity contribution in [3.8, 4) is 0 Å². The molecule has 1 N–H and O–H groups in total. The maximum absolute atomic E-state index is 9.75. The summed E-state index contributed by atoms with van der Waals surface area (Å²) in [6.07, 6.45) is 1.10. The van der Waals surface area contributed by atoms with Gasteiger partial charge in [-0.25, -0.2) is 4.79 Å². The third-order valence-electron chi connectivity index (χ3n) is 0.614. The molecule has 0 saturated carbocycles. The minimum Gasteiger partial charge on any atom is -0.478 e. The van der Waals surface area contributed by atoms with Crippen LogP contribution in [-0.2, 0) is 14.3 Å². The van der Waals surface area contributed by atoms with Crippen LogP contribution in [0.2, 0.25) is 0 Å². The van der Waals surface area contributed by atoms with Gasteiger partial charge in [-0.1, -0.05) is 13.2 Å². The lowest BCUT2D eigenvalue weighted by Gasteiger charge is -1.83. The second-order valence-electron chi connectivity index (χ2n) is 1.86. The van der Waals surface area contributed by atoms with Gasteiger partial charge in [0.15, 0.2) is 0 Å². The quantitative estimate of drug-likeness (QED) is 0.321. The normalized spacial score (nSPS) is 6.43. The molecule has 0 amide bonds. The van der Waals surface area contributed by atoms with Crippen molar-refractivity contribution in [2.75, 3.05) is 0 Å². The van der Waals surface area contributed by atoms with Crippen molar-refractivity contribution >= 4 is 11.9 Å². The molecular formula is C10H16O4. The molecule has 0 rings (SSSR count). The SMILES string of the molecule is C=C.C=C(C)C(=O)O.C=COC(C)=O. The fraction of sp³-hybridized carbons (Fsp3) is 0.200. The van der Waals surface area contributed by atoms with E-state index in [-0.39, 0.29) is 11.5 Å². The Morgan fingerprint density at radius 1 is 1.29 bits per heavy atom. The van der Waals surface area contributed by atoms with Crippen LogP contribution in [0.1, 0.15) is 13.8 Å². The largest absolute Gasteiger partial charge is 0.478 e. The third kappa shape index (κ3) is 32.0. The topological polar surface area (TPSA) is 63.6 Å². The number of esters is 1. The first-order chi connectivity index (χ1) is 6.41. The summed E-state index contributed by atoms with van der Waals surface area (Å²) in [5.74, 6) is -1.26. The summed E-state index contributed by atoms with van der Waals surface area (Å²) < 4.78 is 4.17. The monoisotopic (exact) mass is 200 g/mol. The first-order valence-electron chi connectivity index (χ1n) is 3.58. The van der Waals surface area contributed by atoms with Gasteiger partial charge in [0.25, 0.3) is 0 Å². The average molecular weight is 200 g/mol. The minimum absolute atomic E-state index is 0.176. The zero-order valence-electron chi connectivity index (χ0n) is 8.58. The minimum atomic E-state index is -0.935. The summed E-state index contributed by atoms with van der Waals surface area (Å²) in [6.45, 7) is 15.1. The lowest BCUT2D eigenvalue weighted by atomic mass is 10.4. The van der Waals surface area contributed by atoms with Gasteiger partial charge in [-0.05, 0) is 6.92 Å². The van der Waals surface area contributed by atoms with E-state index in [4.69, 9.17) is 5.11 Å². The van der Waals surface area contributed by atoms with Gasteiger partial charge in [-0.3, -0.25) is 4.79 Å². The standard InChI is InChI=1S/2C4H6O2.C2H4/c1-3-6-4(2)5;1-3(2)4(5)6;1-2/h3H,1H2,2H3;1H2,2H3,(H,5,6);1-2H2. The van der Waals surface area contributed by atoms with Gasteiger partial charge in [-0.15, -0.1) is 13.2 Å². The molecular weight excluding hydrogens is 184 g/mol. The zero-order valence-corrected chi connectivity index (χ0v) is 8.58. The molecule has 14 heavy (non-hydrogen) atoms. The van der Waals surface area contributed by atoms with E-state index >= 15 is 0 Å². The summed E-state index contributed by atoms with van der Waals surface area (Å²) in [6, 6.07) is 0. The molecule has 0 aromatic rings. The second-order valence-corrected chi connectivity index (χ2v) is 1.86. The van der Waals surface area contributed by atoms with Gasteiger partial charge in [0.2, 0.25) is 0 Å². The highest BCUT2D eigenvalue weighted by Gasteiger charge is 1.90. The van der Waals surface area contributed by atoms with Crippen LogP contribution in [0, 0.1) is 0 Å². The van der Waals surface area contributed by atoms with E-state index < -0.39 is 5.97 Å². The number of ether oxygens (including phenoxy) is 1. The van der Waals surface area contributed by atoms with Crippen LogP contribution in [0.4, 0.5) is 0 Å². The Labute approximate surface area is 84.2 Å². The number of hydrogen-bond donors (Lipinski definition) is 1. The van der Waals surface area contributed by atoms with E-state index in [2.05, 4.69) is 31.1 Å². The first-order valence-corrected chi connectivity index (χ1v) is 3.58. The van der Waals surface area contributed by atoms with Crippen molar-refractivity contribution in [3.05, 3.63) is 38.2 Å². The molecule has 80 valence electrons. The van der Waals surface area contributed by atoms with E-state index in [0.29, 0.717) is 0 Å². The van der Waals surface area contributed by atoms with Crippen LogP contribution in [0.5, 0.6) is 0 Å². The van der Waals surface area contributed by atoms with Crippen molar-refractivity contribution in [3.63, 3.8) is 0 Å². The number of carboxylic acid groups (broad SMARTS) is 1. The summed E-state index contributed by atoms with van der Waals surface area (Å²) in [4.78, 5) is 19.3. The molecule has 0 aromatic carbocycles. The van der Waals surface area contributed by atoms with Crippen molar-refractivity contribution < 1.29 is 19.4 Å². The maximum Gasteiger partial charge on any atom is 0.330 e. The zero-order chi connectivity index (χ0) is 12.1. The number of carboxylic acids is 1. The van der Waals surface area contributed by atoms with Gasteiger partial charge in [0.05, 0.1) is 6.26 Å². The molecule has 0 heterocycles. The predicted octanol–water partition coefficient (Wildman–Crippen LogP) is 2.14. The van der Waals surface area contributed by atoms with Gasteiger partial charge in [0.1, 0.15) is 0 Å². The second kappa shape index (κ2) is 13.7.